The van der Waals surface area contributed by atoms with Gasteiger partial charge in [-0.15, -0.1) is 22.7 Å². The second-order valence-electron chi connectivity index (χ2n) is 7.23. The number of hydrogen-bond donors (Lipinski definition) is 2. The highest BCUT2D eigenvalue weighted by atomic mass is 32.1. The fourth-order valence-corrected chi connectivity index (χ4v) is 5.91. The molecule has 3 heterocycles. The minimum absolute atomic E-state index is 0.192. The van der Waals surface area contributed by atoms with Crippen LogP contribution in [0.15, 0.2) is 22.9 Å². The molecule has 1 saturated heterocycles. The van der Waals surface area contributed by atoms with E-state index >= 15 is 0 Å². The lowest BCUT2D eigenvalue weighted by Crippen LogP contribution is -2.42. The van der Waals surface area contributed by atoms with Crippen LogP contribution >= 0.6 is 22.7 Å². The zero-order chi connectivity index (χ0) is 19.6. The van der Waals surface area contributed by atoms with Crippen LogP contribution in [-0.2, 0) is 15.2 Å². The minimum atomic E-state index is -1.63. The molecule has 1 aliphatic heterocycles. The number of thiophene rings is 2. The fraction of sp³-hybridized carbons (Fsp3) is 0.500. The summed E-state index contributed by atoms with van der Waals surface area (Å²) < 4.78 is 0. The molecule has 7 heteroatoms. The van der Waals surface area contributed by atoms with Crippen LogP contribution in [0, 0.1) is 19.8 Å². The van der Waals surface area contributed by atoms with Gasteiger partial charge in [0, 0.05) is 19.5 Å². The van der Waals surface area contributed by atoms with Crippen molar-refractivity contribution in [3.05, 3.63) is 43.8 Å². The molecule has 0 saturated carbocycles. The predicted octanol–water partition coefficient (Wildman–Crippen LogP) is 3.42. The third-order valence-corrected chi connectivity index (χ3v) is 7.55. The first-order valence-electron chi connectivity index (χ1n) is 9.14. The largest absolute Gasteiger partial charge is 0.481 e. The molecule has 2 aromatic rings. The third kappa shape index (κ3) is 4.01. The number of carbonyl (C=O) groups is 2. The zero-order valence-corrected chi connectivity index (χ0v) is 17.2. The molecule has 0 spiro atoms. The summed E-state index contributed by atoms with van der Waals surface area (Å²) in [4.78, 5) is 27.9. The van der Waals surface area contributed by atoms with Crippen LogP contribution in [0.2, 0.25) is 0 Å². The van der Waals surface area contributed by atoms with Gasteiger partial charge in [-0.05, 0) is 67.3 Å². The number of carboxylic acid groups (broad SMARTS) is 1. The lowest BCUT2D eigenvalue weighted by atomic mass is 9.88. The Hall–Kier alpha value is -1.54. The van der Waals surface area contributed by atoms with Crippen molar-refractivity contribution in [2.75, 3.05) is 19.6 Å². The highest BCUT2D eigenvalue weighted by molar-refractivity contribution is 7.12. The van der Waals surface area contributed by atoms with E-state index in [2.05, 4.69) is 0 Å². The quantitative estimate of drug-likeness (QED) is 0.735. The maximum atomic E-state index is 13.2. The summed E-state index contributed by atoms with van der Waals surface area (Å²) in [5, 5.41) is 24.6. The summed E-state index contributed by atoms with van der Waals surface area (Å²) in [6.07, 6.45) is 1.70. The molecule has 5 nitrogen and oxygen atoms in total. The topological polar surface area (TPSA) is 77.8 Å². The Kier molecular flexibility index (Phi) is 6.15. The first-order valence-corrected chi connectivity index (χ1v) is 10.9. The fourth-order valence-electron chi connectivity index (χ4n) is 3.74. The zero-order valence-electron chi connectivity index (χ0n) is 15.6. The monoisotopic (exact) mass is 407 g/mol. The van der Waals surface area contributed by atoms with Crippen molar-refractivity contribution in [1.82, 2.24) is 4.90 Å². The van der Waals surface area contributed by atoms with E-state index in [-0.39, 0.29) is 18.1 Å². The maximum absolute atomic E-state index is 13.2. The van der Waals surface area contributed by atoms with Crippen LogP contribution in [0.3, 0.4) is 0 Å². The number of hydrogen-bond acceptors (Lipinski definition) is 6. The van der Waals surface area contributed by atoms with Gasteiger partial charge < -0.3 is 15.1 Å². The number of likely N-dealkylation sites (tertiary alicyclic amines) is 1. The highest BCUT2D eigenvalue weighted by Crippen LogP contribution is 2.41. The van der Waals surface area contributed by atoms with E-state index in [0.717, 1.165) is 24.1 Å². The molecule has 1 atom stereocenters. The predicted molar refractivity (Wildman–Crippen MR) is 108 cm³/mol. The van der Waals surface area contributed by atoms with Gasteiger partial charge in [0.05, 0.1) is 15.7 Å². The smallest absolute Gasteiger partial charge is 0.307 e. The lowest BCUT2D eigenvalue weighted by Gasteiger charge is -2.32. The minimum Gasteiger partial charge on any atom is -0.481 e. The summed E-state index contributed by atoms with van der Waals surface area (Å²) in [7, 11) is 0. The summed E-state index contributed by atoms with van der Waals surface area (Å²) in [5.41, 5.74) is 0.193. The van der Waals surface area contributed by atoms with Gasteiger partial charge in [-0.3, -0.25) is 9.59 Å². The molecule has 0 aromatic carbocycles. The van der Waals surface area contributed by atoms with Crippen molar-refractivity contribution in [2.45, 2.75) is 38.7 Å². The SMILES string of the molecule is Cc1ccsc1C(O)(C(=O)CCN1CCCC(C(=O)O)C1)c1sccc1C. The Bertz CT molecular complexity index is 785. The molecule has 2 N–H and O–H groups in total. The number of carboxylic acids is 1. The van der Waals surface area contributed by atoms with Crippen molar-refractivity contribution in [3.8, 4) is 0 Å². The molecule has 1 fully saturated rings. The summed E-state index contributed by atoms with van der Waals surface area (Å²) in [5.74, 6) is -1.37. The molecular weight excluding hydrogens is 382 g/mol. The molecule has 1 aliphatic rings. The molecule has 1 unspecified atom stereocenters. The Labute approximate surface area is 167 Å². The lowest BCUT2D eigenvalue weighted by molar-refractivity contribution is -0.143. The number of ketones is 1. The van der Waals surface area contributed by atoms with Gasteiger partial charge in [-0.1, -0.05) is 0 Å². The normalized spacial score (nSPS) is 18.6. The van der Waals surface area contributed by atoms with Crippen LogP contribution in [0.4, 0.5) is 0 Å². The summed E-state index contributed by atoms with van der Waals surface area (Å²) >= 11 is 2.80. The standard InChI is InChI=1S/C20H25NO4S2/c1-13-6-10-26-17(13)20(25,18-14(2)7-11-27-18)16(22)5-9-21-8-3-4-15(12-21)19(23)24/h6-7,10-11,15,25H,3-5,8-9,12H2,1-2H3,(H,23,24). The maximum Gasteiger partial charge on any atom is 0.307 e. The first-order chi connectivity index (χ1) is 12.8. The molecule has 146 valence electrons. The van der Waals surface area contributed by atoms with E-state index < -0.39 is 11.6 Å². The van der Waals surface area contributed by atoms with Crippen LogP contribution in [0.25, 0.3) is 0 Å². The van der Waals surface area contributed by atoms with Crippen molar-refractivity contribution in [3.63, 3.8) is 0 Å². The molecule has 0 aliphatic carbocycles. The van der Waals surface area contributed by atoms with Gasteiger partial charge in [0.25, 0.3) is 0 Å². The van der Waals surface area contributed by atoms with Gasteiger partial charge in [0.15, 0.2) is 11.4 Å². The van der Waals surface area contributed by atoms with Crippen molar-refractivity contribution in [1.29, 1.82) is 0 Å². The number of piperidine rings is 1. The Morgan fingerprint density at radius 2 is 1.78 bits per heavy atom. The molecule has 0 amide bonds. The number of aliphatic hydroxyl groups is 1. The van der Waals surface area contributed by atoms with Gasteiger partial charge in [0.1, 0.15) is 0 Å². The Morgan fingerprint density at radius 3 is 2.26 bits per heavy atom. The summed E-state index contributed by atoms with van der Waals surface area (Å²) in [6.45, 7) is 5.56. The van der Waals surface area contributed by atoms with E-state index in [9.17, 15) is 19.8 Å². The van der Waals surface area contributed by atoms with E-state index in [4.69, 9.17) is 0 Å². The Morgan fingerprint density at radius 1 is 1.19 bits per heavy atom. The van der Waals surface area contributed by atoms with Crippen molar-refractivity contribution >= 4 is 34.4 Å². The van der Waals surface area contributed by atoms with Crippen LogP contribution < -0.4 is 0 Å². The third-order valence-electron chi connectivity index (χ3n) is 5.29. The molecule has 0 radical (unpaired) electrons. The number of rotatable bonds is 7. The van der Waals surface area contributed by atoms with Crippen LogP contribution in [0.1, 0.15) is 40.1 Å². The first kappa shape index (κ1) is 20.2. The molecule has 2 aromatic heterocycles. The van der Waals surface area contributed by atoms with Crippen LogP contribution in [-0.4, -0.2) is 46.5 Å². The molecule has 0 bridgehead atoms. The number of Topliss-reactive ketones (excluding diaryl/α,β-unsaturated/α-hetero) is 1. The molecular formula is C20H25NO4S2. The van der Waals surface area contributed by atoms with Crippen LogP contribution in [0.5, 0.6) is 0 Å². The second kappa shape index (κ2) is 8.22. The van der Waals surface area contributed by atoms with Gasteiger partial charge in [-0.2, -0.15) is 0 Å². The highest BCUT2D eigenvalue weighted by Gasteiger charge is 2.43. The Balaban J connectivity index is 1.80. The number of aryl methyl sites for hydroxylation is 2. The van der Waals surface area contributed by atoms with E-state index in [1.165, 1.54) is 22.7 Å². The number of aliphatic carboxylic acids is 1. The van der Waals surface area contributed by atoms with E-state index in [1.54, 1.807) is 0 Å². The van der Waals surface area contributed by atoms with Gasteiger partial charge in [0.2, 0.25) is 0 Å². The van der Waals surface area contributed by atoms with E-state index in [0.29, 0.717) is 29.3 Å². The summed E-state index contributed by atoms with van der Waals surface area (Å²) in [6, 6.07) is 3.84. The molecule has 27 heavy (non-hydrogen) atoms. The average Bonchev–Trinajstić information content (AvgIpc) is 3.28. The molecule has 3 rings (SSSR count). The second-order valence-corrected chi connectivity index (χ2v) is 9.06. The van der Waals surface area contributed by atoms with Gasteiger partial charge in [-0.25, -0.2) is 0 Å². The van der Waals surface area contributed by atoms with Crippen molar-refractivity contribution < 1.29 is 19.8 Å². The number of carbonyl (C=O) groups excluding carboxylic acids is 1. The number of nitrogens with zero attached hydrogens (tertiary/aromatic N) is 1. The van der Waals surface area contributed by atoms with Crippen molar-refractivity contribution in [2.24, 2.45) is 5.92 Å². The van der Waals surface area contributed by atoms with E-state index in [1.807, 2.05) is 41.6 Å². The average molecular weight is 408 g/mol. The van der Waals surface area contributed by atoms with Gasteiger partial charge >= 0.3 is 5.97 Å².